The molecule has 22 heavy (non-hydrogen) atoms. The lowest BCUT2D eigenvalue weighted by atomic mass is 10.1. The van der Waals surface area contributed by atoms with Crippen molar-refractivity contribution in [2.45, 2.75) is 18.7 Å². The molecule has 0 atom stereocenters. The summed E-state index contributed by atoms with van der Waals surface area (Å²) < 4.78 is 5.23. The maximum absolute atomic E-state index is 11.6. The van der Waals surface area contributed by atoms with Gasteiger partial charge in [-0.2, -0.15) is 0 Å². The number of allylic oxidation sites excluding steroid dienone is 1. The van der Waals surface area contributed by atoms with Crippen LogP contribution in [0.2, 0.25) is 5.02 Å². The van der Waals surface area contributed by atoms with E-state index in [0.717, 1.165) is 26.7 Å². The van der Waals surface area contributed by atoms with Crippen LogP contribution in [-0.4, -0.2) is 12.9 Å². The molecule has 2 rings (SSSR count). The average molecular weight is 333 g/mol. The highest BCUT2D eigenvalue weighted by Crippen LogP contribution is 2.37. The second kappa shape index (κ2) is 7.52. The van der Waals surface area contributed by atoms with Gasteiger partial charge in [0.05, 0.1) is 7.11 Å². The summed E-state index contributed by atoms with van der Waals surface area (Å²) in [5.41, 5.74) is 2.09. The molecule has 0 bridgehead atoms. The maximum atomic E-state index is 11.6. The Morgan fingerprint density at radius 1 is 1.18 bits per heavy atom. The smallest absolute Gasteiger partial charge is 0.153 e. The molecule has 0 amide bonds. The molecule has 2 nitrogen and oxygen atoms in total. The van der Waals surface area contributed by atoms with Gasteiger partial charge in [-0.05, 0) is 73.5 Å². The van der Waals surface area contributed by atoms with E-state index in [0.29, 0.717) is 5.02 Å². The van der Waals surface area contributed by atoms with E-state index in [-0.39, 0.29) is 5.78 Å². The van der Waals surface area contributed by atoms with Crippen molar-refractivity contribution in [3.05, 3.63) is 64.7 Å². The van der Waals surface area contributed by atoms with Gasteiger partial charge in [0.1, 0.15) is 5.75 Å². The zero-order valence-electron chi connectivity index (χ0n) is 12.7. The summed E-state index contributed by atoms with van der Waals surface area (Å²) in [7, 11) is 1.64. The molecule has 0 radical (unpaired) electrons. The number of ether oxygens (including phenoxy) is 1. The summed E-state index contributed by atoms with van der Waals surface area (Å²) in [6, 6.07) is 13.4. The van der Waals surface area contributed by atoms with Crippen LogP contribution in [0, 0.1) is 6.92 Å². The second-order valence-electron chi connectivity index (χ2n) is 4.86. The summed E-state index contributed by atoms with van der Waals surface area (Å²) in [5, 5.41) is 0.696. The zero-order chi connectivity index (χ0) is 16.1. The Morgan fingerprint density at radius 3 is 2.41 bits per heavy atom. The third kappa shape index (κ3) is 4.39. The topological polar surface area (TPSA) is 26.3 Å². The molecule has 2 aromatic rings. The van der Waals surface area contributed by atoms with Gasteiger partial charge in [0.25, 0.3) is 0 Å². The summed E-state index contributed by atoms with van der Waals surface area (Å²) in [4.78, 5) is 13.5. The van der Waals surface area contributed by atoms with Crippen molar-refractivity contribution in [1.82, 2.24) is 0 Å². The Hall–Kier alpha value is -1.71. The molecule has 0 N–H and O–H groups in total. The minimum atomic E-state index is 0.0201. The van der Waals surface area contributed by atoms with Gasteiger partial charge in [0.15, 0.2) is 5.78 Å². The quantitative estimate of drug-likeness (QED) is 0.543. The number of carbonyl (C=O) groups excluding carboxylic acids is 1. The Kier molecular flexibility index (Phi) is 5.69. The van der Waals surface area contributed by atoms with E-state index in [1.54, 1.807) is 31.9 Å². The molecule has 4 heteroatoms. The van der Waals surface area contributed by atoms with Crippen molar-refractivity contribution < 1.29 is 9.53 Å². The SMILES string of the molecule is COc1ccc(/C(=C\C(C)=O)Sc2ccc(Cl)cc2)c(C)c1. The predicted octanol–water partition coefficient (Wildman–Crippen LogP) is 5.38. The number of hydrogen-bond donors (Lipinski definition) is 0. The van der Waals surface area contributed by atoms with E-state index in [1.165, 1.54) is 0 Å². The first-order valence-corrected chi connectivity index (χ1v) is 7.99. The molecule has 0 spiro atoms. The molecule has 0 aliphatic carbocycles. The maximum Gasteiger partial charge on any atom is 0.153 e. The van der Waals surface area contributed by atoms with Gasteiger partial charge < -0.3 is 4.74 Å². The van der Waals surface area contributed by atoms with Crippen LogP contribution in [0.5, 0.6) is 5.75 Å². The van der Waals surface area contributed by atoms with Gasteiger partial charge in [0, 0.05) is 14.8 Å². The van der Waals surface area contributed by atoms with Crippen LogP contribution in [0.1, 0.15) is 18.1 Å². The van der Waals surface area contributed by atoms with Gasteiger partial charge in [-0.15, -0.1) is 0 Å². The molecule has 0 fully saturated rings. The number of benzene rings is 2. The number of thioether (sulfide) groups is 1. The Labute approximate surface area is 140 Å². The molecular weight excluding hydrogens is 316 g/mol. The van der Waals surface area contributed by atoms with Gasteiger partial charge >= 0.3 is 0 Å². The van der Waals surface area contributed by atoms with Crippen molar-refractivity contribution >= 4 is 34.1 Å². The molecular formula is C18H17ClO2S. The fourth-order valence-electron chi connectivity index (χ4n) is 2.02. The highest BCUT2D eigenvalue weighted by atomic mass is 35.5. The summed E-state index contributed by atoms with van der Waals surface area (Å²) >= 11 is 7.46. The third-order valence-electron chi connectivity index (χ3n) is 3.07. The normalized spacial score (nSPS) is 11.4. The fourth-order valence-corrected chi connectivity index (χ4v) is 3.23. The van der Waals surface area contributed by atoms with Gasteiger partial charge in [0.2, 0.25) is 0 Å². The molecule has 0 heterocycles. The molecule has 114 valence electrons. The zero-order valence-corrected chi connectivity index (χ0v) is 14.3. The highest BCUT2D eigenvalue weighted by Gasteiger charge is 2.10. The lowest BCUT2D eigenvalue weighted by molar-refractivity contribution is -0.112. The van der Waals surface area contributed by atoms with E-state index >= 15 is 0 Å². The van der Waals surface area contributed by atoms with Crippen molar-refractivity contribution in [3.63, 3.8) is 0 Å². The number of rotatable bonds is 5. The van der Waals surface area contributed by atoms with E-state index in [4.69, 9.17) is 16.3 Å². The number of halogens is 1. The van der Waals surface area contributed by atoms with Crippen LogP contribution in [-0.2, 0) is 4.79 Å². The van der Waals surface area contributed by atoms with Crippen LogP contribution in [0.3, 0.4) is 0 Å². The van der Waals surface area contributed by atoms with E-state index in [2.05, 4.69) is 0 Å². The number of aryl methyl sites for hydroxylation is 1. The van der Waals surface area contributed by atoms with Crippen molar-refractivity contribution in [3.8, 4) is 5.75 Å². The largest absolute Gasteiger partial charge is 0.497 e. The minimum Gasteiger partial charge on any atom is -0.497 e. The van der Waals surface area contributed by atoms with Crippen LogP contribution in [0.15, 0.2) is 53.4 Å². The number of ketones is 1. The molecule has 0 aliphatic rings. The molecule has 2 aromatic carbocycles. The second-order valence-corrected chi connectivity index (χ2v) is 6.41. The first-order valence-electron chi connectivity index (χ1n) is 6.80. The highest BCUT2D eigenvalue weighted by molar-refractivity contribution is 8.08. The van der Waals surface area contributed by atoms with Crippen LogP contribution in [0.25, 0.3) is 4.91 Å². The lowest BCUT2D eigenvalue weighted by Crippen LogP contribution is -1.92. The monoisotopic (exact) mass is 332 g/mol. The predicted molar refractivity (Wildman–Crippen MR) is 93.7 cm³/mol. The lowest BCUT2D eigenvalue weighted by Gasteiger charge is -2.12. The third-order valence-corrected chi connectivity index (χ3v) is 4.39. The molecule has 0 aromatic heterocycles. The first-order chi connectivity index (χ1) is 10.5. The molecule has 0 saturated heterocycles. The van der Waals surface area contributed by atoms with Gasteiger partial charge in [-0.25, -0.2) is 0 Å². The number of hydrogen-bond acceptors (Lipinski definition) is 3. The standard InChI is InChI=1S/C18H17ClO2S/c1-12-10-15(21-3)6-9-17(12)18(11-13(2)20)22-16-7-4-14(19)5-8-16/h4-11H,1-3H3/b18-11+. The summed E-state index contributed by atoms with van der Waals surface area (Å²) in [5.74, 6) is 0.826. The van der Waals surface area contributed by atoms with Crippen molar-refractivity contribution in [1.29, 1.82) is 0 Å². The Morgan fingerprint density at radius 2 is 1.86 bits per heavy atom. The van der Waals surface area contributed by atoms with Crippen LogP contribution >= 0.6 is 23.4 Å². The minimum absolute atomic E-state index is 0.0201. The molecule has 0 unspecified atom stereocenters. The Balaban J connectivity index is 2.38. The molecule has 0 aliphatic heterocycles. The van der Waals surface area contributed by atoms with Crippen LogP contribution < -0.4 is 4.74 Å². The average Bonchev–Trinajstić information content (AvgIpc) is 2.48. The van der Waals surface area contributed by atoms with E-state index < -0.39 is 0 Å². The molecule has 0 saturated carbocycles. The van der Waals surface area contributed by atoms with Crippen molar-refractivity contribution in [2.75, 3.05) is 7.11 Å². The van der Waals surface area contributed by atoms with Gasteiger partial charge in [-0.3, -0.25) is 4.79 Å². The van der Waals surface area contributed by atoms with Gasteiger partial charge in [-0.1, -0.05) is 23.4 Å². The van der Waals surface area contributed by atoms with E-state index in [9.17, 15) is 4.79 Å². The number of methoxy groups -OCH3 is 1. The van der Waals surface area contributed by atoms with Crippen molar-refractivity contribution in [2.24, 2.45) is 0 Å². The summed E-state index contributed by atoms with van der Waals surface area (Å²) in [6.45, 7) is 3.57. The van der Waals surface area contributed by atoms with Crippen LogP contribution in [0.4, 0.5) is 0 Å². The Bertz CT molecular complexity index is 706. The summed E-state index contributed by atoms with van der Waals surface area (Å²) in [6.07, 6.45) is 1.66. The first kappa shape index (κ1) is 16.7. The van der Waals surface area contributed by atoms with E-state index in [1.807, 2.05) is 49.4 Å². The fraction of sp³-hybridized carbons (Fsp3) is 0.167. The number of carbonyl (C=O) groups is 1.